The zero-order valence-corrected chi connectivity index (χ0v) is 15.3. The highest BCUT2D eigenvalue weighted by Gasteiger charge is 2.65. The SMILES string of the molecule is CC(=O)N[C@H]1[C@@H](OC(C)=O)[C@H](OC(C)=O)[C@@H](OC(C)=O)[C@]1(O)CBr. The summed E-state index contributed by atoms with van der Waals surface area (Å²) in [6.07, 6.45) is -3.86. The molecule has 1 fully saturated rings. The van der Waals surface area contributed by atoms with Crippen LogP contribution in [0.3, 0.4) is 0 Å². The van der Waals surface area contributed by atoms with Crippen molar-refractivity contribution in [2.75, 3.05) is 5.33 Å². The Morgan fingerprint density at radius 3 is 1.79 bits per heavy atom. The Balaban J connectivity index is 3.39. The third-order valence-electron chi connectivity index (χ3n) is 3.45. The van der Waals surface area contributed by atoms with Crippen LogP contribution in [0, 0.1) is 0 Å². The van der Waals surface area contributed by atoms with Gasteiger partial charge in [0.1, 0.15) is 11.6 Å². The normalized spacial score (nSPS) is 31.9. The number of aliphatic hydroxyl groups is 1. The topological polar surface area (TPSA) is 128 Å². The summed E-state index contributed by atoms with van der Waals surface area (Å²) in [7, 11) is 0. The number of alkyl halides is 1. The number of halogens is 1. The summed E-state index contributed by atoms with van der Waals surface area (Å²) in [4.78, 5) is 45.7. The lowest BCUT2D eigenvalue weighted by molar-refractivity contribution is -0.181. The maximum absolute atomic E-state index is 11.5. The third kappa shape index (κ3) is 4.44. The molecule has 0 aromatic rings. The first kappa shape index (κ1) is 20.4. The lowest BCUT2D eigenvalue weighted by Crippen LogP contribution is -2.58. The minimum Gasteiger partial charge on any atom is -0.456 e. The fourth-order valence-corrected chi connectivity index (χ4v) is 3.36. The summed E-state index contributed by atoms with van der Waals surface area (Å²) in [6.45, 7) is 4.57. The van der Waals surface area contributed by atoms with E-state index in [1.165, 1.54) is 6.92 Å². The number of rotatable bonds is 5. The predicted octanol–water partition coefficient (Wildman–Crippen LogP) is -0.574. The van der Waals surface area contributed by atoms with Crippen LogP contribution in [-0.4, -0.2) is 64.2 Å². The zero-order chi connectivity index (χ0) is 18.7. The van der Waals surface area contributed by atoms with Crippen LogP contribution in [0.1, 0.15) is 27.7 Å². The molecule has 0 heterocycles. The molecule has 1 aliphatic carbocycles. The van der Waals surface area contributed by atoms with Crippen LogP contribution in [0.5, 0.6) is 0 Å². The van der Waals surface area contributed by atoms with Crippen molar-refractivity contribution in [2.24, 2.45) is 0 Å². The second kappa shape index (κ2) is 7.93. The Morgan fingerprint density at radius 2 is 1.42 bits per heavy atom. The van der Waals surface area contributed by atoms with Gasteiger partial charge in [0.25, 0.3) is 0 Å². The number of hydrogen-bond donors (Lipinski definition) is 2. The van der Waals surface area contributed by atoms with Gasteiger partial charge in [0.2, 0.25) is 5.91 Å². The van der Waals surface area contributed by atoms with Gasteiger partial charge in [0.05, 0.1) is 0 Å². The summed E-state index contributed by atoms with van der Waals surface area (Å²) in [5, 5.41) is 13.3. The molecule has 0 aromatic heterocycles. The number of amides is 1. The second-order valence-electron chi connectivity index (χ2n) is 5.48. The summed E-state index contributed by atoms with van der Waals surface area (Å²) in [5.74, 6) is -2.69. The Kier molecular flexibility index (Phi) is 6.73. The number of carbonyl (C=O) groups excluding carboxylic acids is 4. The van der Waals surface area contributed by atoms with Gasteiger partial charge in [-0.05, 0) is 0 Å². The first-order valence-electron chi connectivity index (χ1n) is 7.10. The van der Waals surface area contributed by atoms with Gasteiger partial charge in [0.15, 0.2) is 18.3 Å². The molecule has 0 saturated heterocycles. The fraction of sp³-hybridized carbons (Fsp3) is 0.714. The van der Waals surface area contributed by atoms with Crippen molar-refractivity contribution in [3.63, 3.8) is 0 Å². The quantitative estimate of drug-likeness (QED) is 0.350. The zero-order valence-electron chi connectivity index (χ0n) is 13.7. The average molecular weight is 410 g/mol. The molecule has 24 heavy (non-hydrogen) atoms. The molecule has 1 saturated carbocycles. The fourth-order valence-electron chi connectivity index (χ4n) is 2.69. The Hall–Kier alpha value is -1.68. The van der Waals surface area contributed by atoms with E-state index < -0.39 is 53.8 Å². The average Bonchev–Trinajstić information content (AvgIpc) is 2.61. The molecule has 5 atom stereocenters. The van der Waals surface area contributed by atoms with Gasteiger partial charge in [0, 0.05) is 33.0 Å². The van der Waals surface area contributed by atoms with E-state index in [4.69, 9.17) is 14.2 Å². The Labute approximate surface area is 147 Å². The number of ether oxygens (including phenoxy) is 3. The highest BCUT2D eigenvalue weighted by molar-refractivity contribution is 9.09. The molecule has 0 unspecified atom stereocenters. The molecule has 136 valence electrons. The molecule has 0 spiro atoms. The largest absolute Gasteiger partial charge is 0.456 e. The Bertz CT molecular complexity index is 495. The van der Waals surface area contributed by atoms with E-state index in [0.717, 1.165) is 20.8 Å². The van der Waals surface area contributed by atoms with Crippen LogP contribution in [0.15, 0.2) is 0 Å². The summed E-state index contributed by atoms with van der Waals surface area (Å²) < 4.78 is 15.4. The van der Waals surface area contributed by atoms with Crippen LogP contribution >= 0.6 is 15.9 Å². The van der Waals surface area contributed by atoms with Crippen molar-refractivity contribution in [1.29, 1.82) is 0 Å². The van der Waals surface area contributed by atoms with Crippen LogP contribution in [-0.2, 0) is 33.4 Å². The maximum atomic E-state index is 11.5. The van der Waals surface area contributed by atoms with E-state index in [1.807, 2.05) is 0 Å². The van der Waals surface area contributed by atoms with Crippen LogP contribution < -0.4 is 5.32 Å². The third-order valence-corrected chi connectivity index (χ3v) is 4.35. The number of carbonyl (C=O) groups is 4. The first-order chi connectivity index (χ1) is 11.0. The van der Waals surface area contributed by atoms with Crippen LogP contribution in [0.4, 0.5) is 0 Å². The van der Waals surface area contributed by atoms with E-state index in [-0.39, 0.29) is 5.33 Å². The van der Waals surface area contributed by atoms with Gasteiger partial charge in [-0.2, -0.15) is 0 Å². The molecule has 2 N–H and O–H groups in total. The molecule has 10 heteroatoms. The van der Waals surface area contributed by atoms with Crippen molar-refractivity contribution < 1.29 is 38.5 Å². The number of hydrogen-bond acceptors (Lipinski definition) is 8. The molecule has 0 radical (unpaired) electrons. The first-order valence-corrected chi connectivity index (χ1v) is 8.22. The van der Waals surface area contributed by atoms with Crippen molar-refractivity contribution in [2.45, 2.75) is 57.6 Å². The smallest absolute Gasteiger partial charge is 0.303 e. The van der Waals surface area contributed by atoms with Crippen molar-refractivity contribution in [1.82, 2.24) is 5.32 Å². The lowest BCUT2D eigenvalue weighted by atomic mass is 9.97. The molecular formula is C14H20BrNO8. The minimum atomic E-state index is -1.86. The minimum absolute atomic E-state index is 0.140. The van der Waals surface area contributed by atoms with Gasteiger partial charge in [-0.15, -0.1) is 0 Å². The van der Waals surface area contributed by atoms with Gasteiger partial charge < -0.3 is 24.6 Å². The number of esters is 3. The van der Waals surface area contributed by atoms with Gasteiger partial charge in [-0.1, -0.05) is 15.9 Å². The van der Waals surface area contributed by atoms with Gasteiger partial charge in [-0.25, -0.2) is 0 Å². The van der Waals surface area contributed by atoms with Gasteiger partial charge in [-0.3, -0.25) is 19.2 Å². The van der Waals surface area contributed by atoms with Crippen LogP contribution in [0.2, 0.25) is 0 Å². The standard InChI is InChI=1S/C14H20BrNO8/c1-6(17)16-12-10(22-7(2)18)11(23-8(3)19)13(24-9(4)20)14(12,21)5-15/h10-13,21H,5H2,1-4H3,(H,16,17)/t10-,11-,12-,13+,14-/m0/s1. The maximum Gasteiger partial charge on any atom is 0.303 e. The molecule has 1 amide bonds. The molecular weight excluding hydrogens is 390 g/mol. The predicted molar refractivity (Wildman–Crippen MR) is 83.0 cm³/mol. The monoisotopic (exact) mass is 409 g/mol. The lowest BCUT2D eigenvalue weighted by Gasteiger charge is -2.33. The van der Waals surface area contributed by atoms with Crippen LogP contribution in [0.25, 0.3) is 0 Å². The highest BCUT2D eigenvalue weighted by Crippen LogP contribution is 2.38. The van der Waals surface area contributed by atoms with Crippen molar-refractivity contribution in [3.8, 4) is 0 Å². The van der Waals surface area contributed by atoms with Crippen molar-refractivity contribution >= 4 is 39.7 Å². The van der Waals surface area contributed by atoms with E-state index in [9.17, 15) is 24.3 Å². The van der Waals surface area contributed by atoms with Crippen molar-refractivity contribution in [3.05, 3.63) is 0 Å². The summed E-state index contributed by atoms with van der Waals surface area (Å²) in [6, 6.07) is -1.16. The molecule has 0 aromatic carbocycles. The molecule has 1 aliphatic rings. The molecule has 1 rings (SSSR count). The second-order valence-corrected chi connectivity index (χ2v) is 6.04. The van der Waals surface area contributed by atoms with E-state index in [2.05, 4.69) is 21.2 Å². The highest BCUT2D eigenvalue weighted by atomic mass is 79.9. The van der Waals surface area contributed by atoms with E-state index >= 15 is 0 Å². The molecule has 0 bridgehead atoms. The van der Waals surface area contributed by atoms with E-state index in [0.29, 0.717) is 0 Å². The Morgan fingerprint density at radius 1 is 0.958 bits per heavy atom. The summed E-state index contributed by atoms with van der Waals surface area (Å²) in [5.41, 5.74) is -1.86. The van der Waals surface area contributed by atoms with E-state index in [1.54, 1.807) is 0 Å². The molecule has 9 nitrogen and oxygen atoms in total. The summed E-state index contributed by atoms with van der Waals surface area (Å²) >= 11 is 3.11. The molecule has 0 aliphatic heterocycles. The van der Waals surface area contributed by atoms with Gasteiger partial charge >= 0.3 is 17.9 Å². The number of nitrogens with one attached hydrogen (secondary N) is 1.